The van der Waals surface area contributed by atoms with Gasteiger partial charge in [-0.3, -0.25) is 4.79 Å². The van der Waals surface area contributed by atoms with Crippen molar-refractivity contribution in [2.75, 3.05) is 0 Å². The van der Waals surface area contributed by atoms with Crippen molar-refractivity contribution in [2.45, 2.75) is 31.7 Å². The van der Waals surface area contributed by atoms with Crippen LogP contribution in [0.15, 0.2) is 18.4 Å². The lowest BCUT2D eigenvalue weighted by atomic mass is 9.92. The maximum absolute atomic E-state index is 11.0. The van der Waals surface area contributed by atoms with Crippen LogP contribution in [0.3, 0.4) is 0 Å². The highest BCUT2D eigenvalue weighted by molar-refractivity contribution is 6.06. The van der Waals surface area contributed by atoms with Crippen molar-refractivity contribution < 1.29 is 24.6 Å². The molecule has 0 heterocycles. The number of allylic oxidation sites excluding steroid dienone is 1. The van der Waals surface area contributed by atoms with E-state index in [0.717, 1.165) is 6.92 Å². The number of hydrogen-bond donors (Lipinski definition) is 3. The zero-order chi connectivity index (χ0) is 13.5. The molecule has 0 spiro atoms. The fourth-order valence-electron chi connectivity index (χ4n) is 1.35. The molecular formula is C11H15NO5. The van der Waals surface area contributed by atoms with Gasteiger partial charge in [0, 0.05) is 6.92 Å². The molecular weight excluding hydrogens is 226 g/mol. The molecule has 17 heavy (non-hydrogen) atoms. The Morgan fingerprint density at radius 2 is 1.88 bits per heavy atom. The summed E-state index contributed by atoms with van der Waals surface area (Å²) in [7, 11) is 0. The minimum Gasteiger partial charge on any atom is -0.479 e. The maximum atomic E-state index is 11.0. The number of rotatable bonds is 7. The van der Waals surface area contributed by atoms with Crippen LogP contribution in [-0.4, -0.2) is 33.6 Å². The Kier molecular flexibility index (Phi) is 5.71. The van der Waals surface area contributed by atoms with Crippen molar-refractivity contribution in [2.24, 2.45) is 0 Å². The van der Waals surface area contributed by atoms with Crippen LogP contribution in [0.1, 0.15) is 26.2 Å². The van der Waals surface area contributed by atoms with Crippen molar-refractivity contribution in [3.63, 3.8) is 0 Å². The van der Waals surface area contributed by atoms with E-state index in [1.165, 1.54) is 0 Å². The summed E-state index contributed by atoms with van der Waals surface area (Å²) in [6, 6.07) is 0. The van der Waals surface area contributed by atoms with E-state index < -0.39 is 23.4 Å². The smallest absolute Gasteiger partial charge is 0.341 e. The summed E-state index contributed by atoms with van der Waals surface area (Å²) in [5.41, 5.74) is 0.233. The van der Waals surface area contributed by atoms with Crippen molar-refractivity contribution >= 4 is 17.8 Å². The molecule has 3 N–H and O–H groups in total. The Balaban J connectivity index is 4.91. The van der Waals surface area contributed by atoms with Gasteiger partial charge in [-0.15, -0.1) is 5.73 Å². The highest BCUT2D eigenvalue weighted by Crippen LogP contribution is 2.16. The van der Waals surface area contributed by atoms with Gasteiger partial charge in [0.25, 0.3) is 0 Å². The Labute approximate surface area is 98.6 Å². The number of hydrogen-bond acceptors (Lipinski definition) is 3. The topological polar surface area (TPSA) is 104 Å². The second-order valence-electron chi connectivity index (χ2n) is 3.50. The van der Waals surface area contributed by atoms with E-state index in [1.54, 1.807) is 6.08 Å². The minimum atomic E-state index is -2.26. The SMILES string of the molecule is C=C=CCCCC(NC(C)=O)(C(=O)O)C(=O)O. The number of carboxylic acids is 2. The van der Waals surface area contributed by atoms with Crippen molar-refractivity contribution in [1.82, 2.24) is 5.32 Å². The average molecular weight is 241 g/mol. The summed E-state index contributed by atoms with van der Waals surface area (Å²) in [4.78, 5) is 32.9. The minimum absolute atomic E-state index is 0.199. The van der Waals surface area contributed by atoms with Crippen LogP contribution in [0.2, 0.25) is 0 Å². The van der Waals surface area contributed by atoms with Gasteiger partial charge in [-0.1, -0.05) is 6.58 Å². The standard InChI is InChI=1S/C11H15NO5/c1-3-4-5-6-7-11(9(14)15,10(16)17)12-8(2)13/h4H,1,5-7H2,2H3,(H,12,13)(H,14,15)(H,16,17). The van der Waals surface area contributed by atoms with E-state index in [-0.39, 0.29) is 6.42 Å². The normalized spacial score (nSPS) is 10.2. The zero-order valence-electron chi connectivity index (χ0n) is 9.52. The molecule has 0 aliphatic heterocycles. The Hall–Kier alpha value is -2.07. The molecule has 0 unspecified atom stereocenters. The fourth-order valence-corrected chi connectivity index (χ4v) is 1.35. The molecule has 0 aliphatic carbocycles. The van der Waals surface area contributed by atoms with Crippen LogP contribution >= 0.6 is 0 Å². The summed E-state index contributed by atoms with van der Waals surface area (Å²) in [5.74, 6) is -3.86. The number of amides is 1. The third-order valence-corrected chi connectivity index (χ3v) is 2.16. The molecule has 0 saturated heterocycles. The third kappa shape index (κ3) is 4.12. The van der Waals surface area contributed by atoms with Crippen molar-refractivity contribution in [3.05, 3.63) is 18.4 Å². The first-order chi connectivity index (χ1) is 7.86. The molecule has 0 radical (unpaired) electrons. The number of aliphatic carboxylic acids is 2. The highest BCUT2D eigenvalue weighted by atomic mass is 16.4. The summed E-state index contributed by atoms with van der Waals surface area (Å²) in [6.07, 6.45) is 2.12. The number of carbonyl (C=O) groups is 3. The van der Waals surface area contributed by atoms with Crippen LogP contribution in [0.5, 0.6) is 0 Å². The number of carboxylic acid groups (broad SMARTS) is 2. The van der Waals surface area contributed by atoms with Gasteiger partial charge in [0.05, 0.1) is 0 Å². The highest BCUT2D eigenvalue weighted by Gasteiger charge is 2.46. The second kappa shape index (κ2) is 6.50. The molecule has 0 atom stereocenters. The van der Waals surface area contributed by atoms with Gasteiger partial charge >= 0.3 is 11.9 Å². The predicted octanol–water partition coefficient (Wildman–Crippen LogP) is 0.542. The van der Waals surface area contributed by atoms with E-state index in [0.29, 0.717) is 12.8 Å². The quantitative estimate of drug-likeness (QED) is 0.343. The van der Waals surface area contributed by atoms with E-state index in [1.807, 2.05) is 5.32 Å². The number of nitrogens with one attached hydrogen (secondary N) is 1. The summed E-state index contributed by atoms with van der Waals surface area (Å²) in [5, 5.41) is 19.9. The lowest BCUT2D eigenvalue weighted by molar-refractivity contribution is -0.161. The van der Waals surface area contributed by atoms with Gasteiger partial charge in [-0.2, -0.15) is 0 Å². The Bertz CT molecular complexity index is 354. The van der Waals surface area contributed by atoms with E-state index in [4.69, 9.17) is 10.2 Å². The van der Waals surface area contributed by atoms with Crippen LogP contribution < -0.4 is 5.32 Å². The van der Waals surface area contributed by atoms with E-state index >= 15 is 0 Å². The number of unbranched alkanes of at least 4 members (excludes halogenated alkanes) is 1. The van der Waals surface area contributed by atoms with E-state index in [2.05, 4.69) is 12.3 Å². The summed E-state index contributed by atoms with van der Waals surface area (Å²) in [6.45, 7) is 4.40. The molecule has 0 saturated carbocycles. The molecule has 0 aromatic rings. The third-order valence-electron chi connectivity index (χ3n) is 2.16. The molecule has 0 rings (SSSR count). The lowest BCUT2D eigenvalue weighted by Gasteiger charge is -2.25. The maximum Gasteiger partial charge on any atom is 0.341 e. The fraction of sp³-hybridized carbons (Fsp3) is 0.455. The largest absolute Gasteiger partial charge is 0.479 e. The van der Waals surface area contributed by atoms with Crippen LogP contribution in [0.4, 0.5) is 0 Å². The monoisotopic (exact) mass is 241 g/mol. The van der Waals surface area contributed by atoms with Gasteiger partial charge in [-0.25, -0.2) is 9.59 Å². The molecule has 94 valence electrons. The van der Waals surface area contributed by atoms with Gasteiger partial charge in [0.15, 0.2) is 0 Å². The van der Waals surface area contributed by atoms with E-state index in [9.17, 15) is 14.4 Å². The van der Waals surface area contributed by atoms with Gasteiger partial charge in [0.2, 0.25) is 11.4 Å². The molecule has 0 aromatic carbocycles. The molecule has 6 nitrogen and oxygen atoms in total. The van der Waals surface area contributed by atoms with Gasteiger partial charge in [-0.05, 0) is 25.3 Å². The van der Waals surface area contributed by atoms with Gasteiger partial charge in [0.1, 0.15) is 0 Å². The van der Waals surface area contributed by atoms with Gasteiger partial charge < -0.3 is 15.5 Å². The summed E-state index contributed by atoms with van der Waals surface area (Å²) < 4.78 is 0. The molecule has 0 bridgehead atoms. The predicted molar refractivity (Wildman–Crippen MR) is 59.4 cm³/mol. The molecule has 6 heteroatoms. The zero-order valence-corrected chi connectivity index (χ0v) is 9.52. The van der Waals surface area contributed by atoms with Crippen LogP contribution in [0, 0.1) is 0 Å². The molecule has 0 fully saturated rings. The Morgan fingerprint density at radius 3 is 2.24 bits per heavy atom. The summed E-state index contributed by atoms with van der Waals surface area (Å²) >= 11 is 0. The molecule has 0 aromatic heterocycles. The van der Waals surface area contributed by atoms with Crippen LogP contribution in [-0.2, 0) is 14.4 Å². The first-order valence-electron chi connectivity index (χ1n) is 4.96. The lowest BCUT2D eigenvalue weighted by Crippen LogP contribution is -2.59. The molecule has 0 aliphatic rings. The van der Waals surface area contributed by atoms with Crippen molar-refractivity contribution in [1.29, 1.82) is 0 Å². The first-order valence-corrected chi connectivity index (χ1v) is 4.96. The van der Waals surface area contributed by atoms with Crippen LogP contribution in [0.25, 0.3) is 0 Å². The average Bonchev–Trinajstić information content (AvgIpc) is 2.21. The Morgan fingerprint density at radius 1 is 1.35 bits per heavy atom. The number of carbonyl (C=O) groups excluding carboxylic acids is 1. The first kappa shape index (κ1) is 14.9. The van der Waals surface area contributed by atoms with Crippen molar-refractivity contribution in [3.8, 4) is 0 Å². The second-order valence-corrected chi connectivity index (χ2v) is 3.50. The molecule has 1 amide bonds.